The molecule has 0 fully saturated rings. The highest BCUT2D eigenvalue weighted by Crippen LogP contribution is 2.21. The van der Waals surface area contributed by atoms with Gasteiger partial charge in [-0.1, -0.05) is 40.6 Å². The van der Waals surface area contributed by atoms with E-state index in [2.05, 4.69) is 92.8 Å². The third-order valence-corrected chi connectivity index (χ3v) is 5.77. The second-order valence-corrected chi connectivity index (χ2v) is 8.68. The summed E-state index contributed by atoms with van der Waals surface area (Å²) in [4.78, 5) is 0. The van der Waals surface area contributed by atoms with Crippen LogP contribution in [-0.2, 0) is 0 Å². The third kappa shape index (κ3) is 3.73. The van der Waals surface area contributed by atoms with E-state index in [0.29, 0.717) is 11.6 Å². The highest BCUT2D eigenvalue weighted by atomic mass is 15.5. The van der Waals surface area contributed by atoms with Gasteiger partial charge in [-0.15, -0.1) is 5.10 Å². The van der Waals surface area contributed by atoms with Crippen molar-refractivity contribution in [2.24, 2.45) is 0 Å². The average Bonchev–Trinajstić information content (AvgIpc) is 3.47. The lowest BCUT2D eigenvalue weighted by Gasteiger charge is -2.10. The molecule has 8 nitrogen and oxygen atoms in total. The van der Waals surface area contributed by atoms with Gasteiger partial charge in [-0.3, -0.25) is 0 Å². The third-order valence-electron chi connectivity index (χ3n) is 5.77. The SMILES string of the molecule is Cc1cc(C)c(-n2cc(-n3[c-][n+](-c4cn(-c5c(C)cc(C)cc5C)nn4)cc3)nn2)c(C)c1. The lowest BCUT2D eigenvalue weighted by Crippen LogP contribution is -2.28. The smallest absolute Gasteiger partial charge is 0.248 e. The van der Waals surface area contributed by atoms with Crippen molar-refractivity contribution in [3.63, 3.8) is 0 Å². The Morgan fingerprint density at radius 1 is 0.697 bits per heavy atom. The van der Waals surface area contributed by atoms with E-state index < -0.39 is 0 Å². The summed E-state index contributed by atoms with van der Waals surface area (Å²) in [7, 11) is 0. The van der Waals surface area contributed by atoms with Crippen LogP contribution in [0.3, 0.4) is 0 Å². The normalized spacial score (nSPS) is 11.3. The lowest BCUT2D eigenvalue weighted by atomic mass is 10.1. The van der Waals surface area contributed by atoms with E-state index in [-0.39, 0.29) is 0 Å². The summed E-state index contributed by atoms with van der Waals surface area (Å²) in [6.07, 6.45) is 10.8. The van der Waals surface area contributed by atoms with Crippen LogP contribution in [0.4, 0.5) is 0 Å². The Balaban J connectivity index is 1.45. The molecule has 3 aromatic heterocycles. The van der Waals surface area contributed by atoms with E-state index in [9.17, 15) is 0 Å². The van der Waals surface area contributed by atoms with Crippen molar-refractivity contribution >= 4 is 0 Å². The van der Waals surface area contributed by atoms with E-state index in [0.717, 1.165) is 33.6 Å². The summed E-state index contributed by atoms with van der Waals surface area (Å²) in [5.41, 5.74) is 9.21. The molecule has 5 rings (SSSR count). The maximum absolute atomic E-state index is 4.35. The van der Waals surface area contributed by atoms with Crippen LogP contribution in [0.5, 0.6) is 0 Å². The highest BCUT2D eigenvalue weighted by Gasteiger charge is 2.14. The fourth-order valence-corrected chi connectivity index (χ4v) is 4.59. The second-order valence-electron chi connectivity index (χ2n) is 8.68. The maximum atomic E-state index is 4.35. The molecule has 0 N–H and O–H groups in total. The van der Waals surface area contributed by atoms with Crippen molar-refractivity contribution in [3.05, 3.63) is 88.8 Å². The molecule has 0 aliphatic rings. The molecule has 0 saturated carbocycles. The van der Waals surface area contributed by atoms with Gasteiger partial charge in [0.1, 0.15) is 0 Å². The Morgan fingerprint density at radius 3 is 1.79 bits per heavy atom. The number of hydrogen-bond acceptors (Lipinski definition) is 4. The Labute approximate surface area is 192 Å². The fraction of sp³-hybridized carbons (Fsp3) is 0.240. The zero-order chi connectivity index (χ0) is 23.3. The van der Waals surface area contributed by atoms with E-state index in [4.69, 9.17) is 0 Å². The molecule has 0 unspecified atom stereocenters. The summed E-state index contributed by atoms with van der Waals surface area (Å²) in [5, 5.41) is 17.4. The number of aryl methyl sites for hydroxylation is 6. The van der Waals surface area contributed by atoms with Crippen LogP contribution in [0.2, 0.25) is 0 Å². The zero-order valence-corrected chi connectivity index (χ0v) is 19.7. The first-order valence-corrected chi connectivity index (χ1v) is 10.8. The molecule has 0 radical (unpaired) electrons. The van der Waals surface area contributed by atoms with Gasteiger partial charge in [0, 0.05) is 17.6 Å². The van der Waals surface area contributed by atoms with Gasteiger partial charge in [0.2, 0.25) is 5.82 Å². The Hall–Kier alpha value is -4.07. The van der Waals surface area contributed by atoms with Crippen molar-refractivity contribution in [1.82, 2.24) is 34.6 Å². The van der Waals surface area contributed by atoms with Gasteiger partial charge in [0.25, 0.3) is 0 Å². The van der Waals surface area contributed by atoms with Gasteiger partial charge < -0.3 is 9.13 Å². The minimum Gasteiger partial charge on any atom is -0.316 e. The summed E-state index contributed by atoms with van der Waals surface area (Å²) in [5.74, 6) is 1.34. The van der Waals surface area contributed by atoms with Gasteiger partial charge in [-0.2, -0.15) is 0 Å². The fourth-order valence-electron chi connectivity index (χ4n) is 4.59. The lowest BCUT2D eigenvalue weighted by molar-refractivity contribution is -0.603. The number of benzene rings is 2. The van der Waals surface area contributed by atoms with E-state index in [1.54, 1.807) is 9.13 Å². The molecule has 5 aromatic rings. The Bertz CT molecular complexity index is 1330. The topological polar surface area (TPSA) is 70.2 Å². The first kappa shape index (κ1) is 20.8. The molecule has 33 heavy (non-hydrogen) atoms. The van der Waals surface area contributed by atoms with Crippen LogP contribution in [0.25, 0.3) is 23.0 Å². The van der Waals surface area contributed by atoms with Crippen LogP contribution in [0.1, 0.15) is 33.4 Å². The molecule has 0 aliphatic heterocycles. The van der Waals surface area contributed by atoms with Crippen molar-refractivity contribution in [1.29, 1.82) is 0 Å². The molecule has 3 heterocycles. The van der Waals surface area contributed by atoms with Gasteiger partial charge in [0.05, 0.1) is 23.8 Å². The number of hydrogen-bond donors (Lipinski definition) is 0. The number of rotatable bonds is 4. The van der Waals surface area contributed by atoms with Crippen LogP contribution in [0.15, 0.2) is 49.1 Å². The Morgan fingerprint density at radius 2 is 1.21 bits per heavy atom. The van der Waals surface area contributed by atoms with Crippen molar-refractivity contribution in [2.75, 3.05) is 0 Å². The molecular weight excluding hydrogens is 412 g/mol. The molecule has 0 saturated heterocycles. The van der Waals surface area contributed by atoms with Crippen LogP contribution >= 0.6 is 0 Å². The molecule has 0 bridgehead atoms. The van der Waals surface area contributed by atoms with Crippen LogP contribution in [-0.4, -0.2) is 34.6 Å². The molecule has 0 spiro atoms. The summed E-state index contributed by atoms with van der Waals surface area (Å²) >= 11 is 0. The molecule has 0 amide bonds. The molecule has 0 atom stereocenters. The van der Waals surface area contributed by atoms with Crippen LogP contribution in [0, 0.1) is 47.9 Å². The molecule has 166 valence electrons. The van der Waals surface area contributed by atoms with Gasteiger partial charge >= 0.3 is 0 Å². The van der Waals surface area contributed by atoms with Crippen molar-refractivity contribution in [3.8, 4) is 23.0 Å². The van der Waals surface area contributed by atoms with Crippen LogP contribution < -0.4 is 4.57 Å². The molecular formula is C25H26N8. The number of aromatic nitrogens is 8. The summed E-state index contributed by atoms with van der Waals surface area (Å²) in [6.45, 7) is 12.6. The average molecular weight is 439 g/mol. The summed E-state index contributed by atoms with van der Waals surface area (Å²) in [6, 6.07) is 8.61. The highest BCUT2D eigenvalue weighted by molar-refractivity contribution is 5.49. The first-order valence-electron chi connectivity index (χ1n) is 10.8. The Kier molecular flexibility index (Phi) is 4.92. The second kappa shape index (κ2) is 7.81. The largest absolute Gasteiger partial charge is 0.316 e. The maximum Gasteiger partial charge on any atom is 0.248 e. The van der Waals surface area contributed by atoms with Crippen molar-refractivity contribution in [2.45, 2.75) is 41.5 Å². The van der Waals surface area contributed by atoms with E-state index >= 15 is 0 Å². The van der Waals surface area contributed by atoms with Gasteiger partial charge in [0.15, 0.2) is 12.1 Å². The quantitative estimate of drug-likeness (QED) is 0.318. The molecule has 0 aliphatic carbocycles. The predicted molar refractivity (Wildman–Crippen MR) is 124 cm³/mol. The van der Waals surface area contributed by atoms with Gasteiger partial charge in [-0.25, -0.2) is 9.36 Å². The zero-order valence-electron chi connectivity index (χ0n) is 19.7. The van der Waals surface area contributed by atoms with Crippen molar-refractivity contribution < 1.29 is 4.57 Å². The first-order chi connectivity index (χ1) is 15.8. The number of nitrogens with zero attached hydrogens (tertiary/aromatic N) is 8. The van der Waals surface area contributed by atoms with E-state index in [1.807, 2.05) is 34.2 Å². The minimum absolute atomic E-state index is 0.672. The minimum atomic E-state index is 0.672. The number of imidazole rings is 1. The predicted octanol–water partition coefficient (Wildman–Crippen LogP) is 3.57. The molecule has 2 aromatic carbocycles. The summed E-state index contributed by atoms with van der Waals surface area (Å²) < 4.78 is 7.22. The van der Waals surface area contributed by atoms with Gasteiger partial charge in [-0.05, 0) is 68.9 Å². The monoisotopic (exact) mass is 438 g/mol. The molecule has 8 heteroatoms. The standard InChI is InChI=1S/C25H26N8/c1-16-9-18(3)24(19(4)10-16)32-13-22(26-28-32)30-7-8-31(15-30)23-14-33(29-27-23)25-20(5)11-17(2)12-21(25)6/h7-14H,1-6H3. The van der Waals surface area contributed by atoms with E-state index in [1.165, 1.54) is 11.1 Å².